The van der Waals surface area contributed by atoms with Crippen LogP contribution in [-0.2, 0) is 6.54 Å². The van der Waals surface area contributed by atoms with Gasteiger partial charge in [0.2, 0.25) is 0 Å². The highest BCUT2D eigenvalue weighted by atomic mass is 15.2. The van der Waals surface area contributed by atoms with Crippen molar-refractivity contribution in [2.45, 2.75) is 13.5 Å². The lowest BCUT2D eigenvalue weighted by Gasteiger charge is -2.32. The predicted molar refractivity (Wildman–Crippen MR) is 73.7 cm³/mol. The standard InChI is InChI=1S/C12H18N2.C3H4/c1-13-7-9-14(10-8-13)11-12-5-3-2-4-6-12;1-3-2/h2-6H,7-11H2,1H3;1H,2H3. The van der Waals surface area contributed by atoms with Crippen molar-refractivity contribution in [2.75, 3.05) is 33.2 Å². The molecular formula is C15H22N2. The molecule has 0 unspecified atom stereocenters. The number of benzene rings is 1. The van der Waals surface area contributed by atoms with Gasteiger partial charge in [0, 0.05) is 32.7 Å². The first-order valence-corrected chi connectivity index (χ1v) is 6.08. The number of piperazine rings is 1. The van der Waals surface area contributed by atoms with Gasteiger partial charge in [-0.25, -0.2) is 0 Å². The van der Waals surface area contributed by atoms with E-state index in [2.05, 4.69) is 59.5 Å². The molecule has 0 N–H and O–H groups in total. The fourth-order valence-electron chi connectivity index (χ4n) is 1.85. The molecule has 0 bridgehead atoms. The topological polar surface area (TPSA) is 6.48 Å². The maximum Gasteiger partial charge on any atom is 0.0234 e. The molecule has 92 valence electrons. The van der Waals surface area contributed by atoms with E-state index in [1.807, 2.05) is 0 Å². The third-order valence-electron chi connectivity index (χ3n) is 2.84. The van der Waals surface area contributed by atoms with Crippen molar-refractivity contribution < 1.29 is 0 Å². The zero-order chi connectivity index (χ0) is 12.5. The maximum absolute atomic E-state index is 4.60. The van der Waals surface area contributed by atoms with Crippen LogP contribution in [0.2, 0.25) is 0 Å². The largest absolute Gasteiger partial charge is 0.304 e. The molecular weight excluding hydrogens is 208 g/mol. The Morgan fingerprint density at radius 1 is 1.12 bits per heavy atom. The summed E-state index contributed by atoms with van der Waals surface area (Å²) in [6.07, 6.45) is 4.60. The first kappa shape index (κ1) is 13.8. The van der Waals surface area contributed by atoms with Crippen LogP contribution in [0.3, 0.4) is 0 Å². The van der Waals surface area contributed by atoms with Crippen LogP contribution < -0.4 is 0 Å². The lowest BCUT2D eigenvalue weighted by molar-refractivity contribution is 0.148. The monoisotopic (exact) mass is 230 g/mol. The second kappa shape index (κ2) is 7.89. The summed E-state index contributed by atoms with van der Waals surface area (Å²) in [6, 6.07) is 10.7. The van der Waals surface area contributed by atoms with E-state index in [1.54, 1.807) is 6.92 Å². The van der Waals surface area contributed by atoms with Gasteiger partial charge in [0.1, 0.15) is 0 Å². The first-order valence-electron chi connectivity index (χ1n) is 6.08. The van der Waals surface area contributed by atoms with Crippen molar-refractivity contribution in [3.8, 4) is 12.3 Å². The second-order valence-electron chi connectivity index (χ2n) is 4.35. The molecule has 1 aromatic rings. The van der Waals surface area contributed by atoms with E-state index in [-0.39, 0.29) is 0 Å². The summed E-state index contributed by atoms with van der Waals surface area (Å²) in [5.74, 6) is 2.25. The van der Waals surface area contributed by atoms with Crippen LogP contribution in [0.5, 0.6) is 0 Å². The Morgan fingerprint density at radius 3 is 2.18 bits per heavy atom. The summed E-state index contributed by atoms with van der Waals surface area (Å²) in [6.45, 7) is 7.56. The smallest absolute Gasteiger partial charge is 0.0234 e. The molecule has 2 nitrogen and oxygen atoms in total. The molecule has 1 heterocycles. The molecule has 0 atom stereocenters. The van der Waals surface area contributed by atoms with E-state index in [0.717, 1.165) is 6.54 Å². The van der Waals surface area contributed by atoms with Crippen molar-refractivity contribution in [1.82, 2.24) is 9.80 Å². The fraction of sp³-hybridized carbons (Fsp3) is 0.467. The third-order valence-corrected chi connectivity index (χ3v) is 2.84. The minimum Gasteiger partial charge on any atom is -0.304 e. The molecule has 0 saturated carbocycles. The lowest BCUT2D eigenvalue weighted by atomic mass is 10.2. The van der Waals surface area contributed by atoms with Gasteiger partial charge in [0.05, 0.1) is 0 Å². The quantitative estimate of drug-likeness (QED) is 0.718. The Bertz CT molecular complexity index is 332. The third kappa shape index (κ3) is 5.53. The molecule has 0 spiro atoms. The number of rotatable bonds is 2. The van der Waals surface area contributed by atoms with Gasteiger partial charge in [-0.3, -0.25) is 4.90 Å². The van der Waals surface area contributed by atoms with Crippen LogP contribution in [0.4, 0.5) is 0 Å². The second-order valence-corrected chi connectivity index (χ2v) is 4.35. The van der Waals surface area contributed by atoms with Crippen LogP contribution >= 0.6 is 0 Å². The molecule has 1 aliphatic rings. The van der Waals surface area contributed by atoms with Crippen LogP contribution in [0, 0.1) is 12.3 Å². The van der Waals surface area contributed by atoms with Gasteiger partial charge in [-0.1, -0.05) is 30.3 Å². The minimum absolute atomic E-state index is 1.11. The van der Waals surface area contributed by atoms with Crippen molar-refractivity contribution in [1.29, 1.82) is 0 Å². The van der Waals surface area contributed by atoms with Crippen molar-refractivity contribution in [2.24, 2.45) is 0 Å². The molecule has 0 radical (unpaired) electrons. The number of likely N-dealkylation sites (N-methyl/N-ethyl adjacent to an activating group) is 1. The van der Waals surface area contributed by atoms with E-state index in [9.17, 15) is 0 Å². The van der Waals surface area contributed by atoms with Crippen molar-refractivity contribution in [3.63, 3.8) is 0 Å². The van der Waals surface area contributed by atoms with E-state index in [0.29, 0.717) is 0 Å². The predicted octanol–water partition coefficient (Wildman–Crippen LogP) is 2.07. The molecule has 1 saturated heterocycles. The molecule has 0 aromatic heterocycles. The highest BCUT2D eigenvalue weighted by molar-refractivity contribution is 5.14. The Hall–Kier alpha value is -1.30. The normalized spacial score (nSPS) is 16.8. The Balaban J connectivity index is 0.000000437. The Kier molecular flexibility index (Phi) is 6.39. The number of hydrogen-bond donors (Lipinski definition) is 0. The average Bonchev–Trinajstić information content (AvgIpc) is 2.35. The van der Waals surface area contributed by atoms with Crippen molar-refractivity contribution in [3.05, 3.63) is 35.9 Å². The highest BCUT2D eigenvalue weighted by Crippen LogP contribution is 2.06. The van der Waals surface area contributed by atoms with E-state index in [4.69, 9.17) is 0 Å². The summed E-state index contributed by atoms with van der Waals surface area (Å²) in [4.78, 5) is 4.91. The van der Waals surface area contributed by atoms with Gasteiger partial charge in [-0.15, -0.1) is 12.3 Å². The summed E-state index contributed by atoms with van der Waals surface area (Å²) in [5.41, 5.74) is 1.43. The van der Waals surface area contributed by atoms with Gasteiger partial charge < -0.3 is 4.90 Å². The van der Waals surface area contributed by atoms with Gasteiger partial charge in [-0.2, -0.15) is 0 Å². The zero-order valence-electron chi connectivity index (χ0n) is 10.9. The molecule has 2 rings (SSSR count). The Labute approximate surface area is 105 Å². The lowest BCUT2D eigenvalue weighted by Crippen LogP contribution is -2.43. The number of hydrogen-bond acceptors (Lipinski definition) is 2. The van der Waals surface area contributed by atoms with Crippen LogP contribution in [0.25, 0.3) is 0 Å². The fourth-order valence-corrected chi connectivity index (χ4v) is 1.85. The number of terminal acetylenes is 1. The summed E-state index contributed by atoms with van der Waals surface area (Å²) >= 11 is 0. The molecule has 2 heteroatoms. The van der Waals surface area contributed by atoms with Crippen molar-refractivity contribution >= 4 is 0 Å². The Morgan fingerprint density at radius 2 is 1.65 bits per heavy atom. The van der Waals surface area contributed by atoms with Gasteiger partial charge >= 0.3 is 0 Å². The summed E-state index contributed by atoms with van der Waals surface area (Å²) in [5, 5.41) is 0. The molecule has 1 fully saturated rings. The van der Waals surface area contributed by atoms with Crippen LogP contribution in [-0.4, -0.2) is 43.0 Å². The van der Waals surface area contributed by atoms with Gasteiger partial charge in [0.15, 0.2) is 0 Å². The van der Waals surface area contributed by atoms with Crippen LogP contribution in [0.15, 0.2) is 30.3 Å². The number of nitrogens with zero attached hydrogens (tertiary/aromatic N) is 2. The highest BCUT2D eigenvalue weighted by Gasteiger charge is 2.13. The molecule has 0 amide bonds. The van der Waals surface area contributed by atoms with Gasteiger partial charge in [0.25, 0.3) is 0 Å². The zero-order valence-corrected chi connectivity index (χ0v) is 10.9. The van der Waals surface area contributed by atoms with Gasteiger partial charge in [-0.05, 0) is 19.5 Å². The maximum atomic E-state index is 4.60. The van der Waals surface area contributed by atoms with E-state index >= 15 is 0 Å². The summed E-state index contributed by atoms with van der Waals surface area (Å²) in [7, 11) is 2.19. The summed E-state index contributed by atoms with van der Waals surface area (Å²) < 4.78 is 0. The van der Waals surface area contributed by atoms with E-state index < -0.39 is 0 Å². The SMILES string of the molecule is C#CC.CN1CCN(Cc2ccccc2)CC1. The van der Waals surface area contributed by atoms with E-state index in [1.165, 1.54) is 31.7 Å². The first-order chi connectivity index (χ1) is 8.26. The molecule has 17 heavy (non-hydrogen) atoms. The molecule has 1 aromatic carbocycles. The van der Waals surface area contributed by atoms with Crippen LogP contribution in [0.1, 0.15) is 12.5 Å². The molecule has 1 aliphatic heterocycles. The average molecular weight is 230 g/mol. The minimum atomic E-state index is 1.11. The molecule has 0 aliphatic carbocycles.